The van der Waals surface area contributed by atoms with E-state index in [1.165, 1.54) is 24.8 Å². The standard InChI is InChI=1S/C10H21N/c1-5-9(3)7-8-10(6-2)11-4/h5,10-11H,6-8H2,1-4H3/b9-5+. The van der Waals surface area contributed by atoms with Crippen molar-refractivity contribution in [3.8, 4) is 0 Å². The van der Waals surface area contributed by atoms with Crippen molar-refractivity contribution < 1.29 is 0 Å². The van der Waals surface area contributed by atoms with E-state index < -0.39 is 0 Å². The van der Waals surface area contributed by atoms with Gasteiger partial charge in [0.25, 0.3) is 0 Å². The van der Waals surface area contributed by atoms with Crippen LogP contribution in [0, 0.1) is 0 Å². The van der Waals surface area contributed by atoms with Gasteiger partial charge in [-0.05, 0) is 40.2 Å². The minimum Gasteiger partial charge on any atom is -0.317 e. The maximum atomic E-state index is 3.30. The fourth-order valence-corrected chi connectivity index (χ4v) is 1.10. The normalized spacial score (nSPS) is 15.1. The summed E-state index contributed by atoms with van der Waals surface area (Å²) in [5.41, 5.74) is 1.50. The summed E-state index contributed by atoms with van der Waals surface area (Å²) in [6.45, 7) is 6.53. The molecule has 0 saturated carbocycles. The first kappa shape index (κ1) is 10.7. The highest BCUT2D eigenvalue weighted by atomic mass is 14.9. The number of rotatable bonds is 5. The second kappa shape index (κ2) is 6.41. The van der Waals surface area contributed by atoms with E-state index in [-0.39, 0.29) is 0 Å². The second-order valence-electron chi connectivity index (χ2n) is 3.07. The Morgan fingerprint density at radius 1 is 1.55 bits per heavy atom. The van der Waals surface area contributed by atoms with Crippen molar-refractivity contribution in [3.63, 3.8) is 0 Å². The minimum absolute atomic E-state index is 0.699. The van der Waals surface area contributed by atoms with Gasteiger partial charge >= 0.3 is 0 Å². The lowest BCUT2D eigenvalue weighted by Crippen LogP contribution is -2.23. The fourth-order valence-electron chi connectivity index (χ4n) is 1.10. The van der Waals surface area contributed by atoms with E-state index >= 15 is 0 Å². The van der Waals surface area contributed by atoms with Crippen LogP contribution >= 0.6 is 0 Å². The number of hydrogen-bond donors (Lipinski definition) is 1. The van der Waals surface area contributed by atoms with Crippen LogP contribution in [0.4, 0.5) is 0 Å². The highest BCUT2D eigenvalue weighted by molar-refractivity contribution is 4.95. The zero-order valence-corrected chi connectivity index (χ0v) is 8.28. The van der Waals surface area contributed by atoms with Crippen LogP contribution in [0.25, 0.3) is 0 Å². The predicted octanol–water partition coefficient (Wildman–Crippen LogP) is 2.73. The molecule has 0 aromatic heterocycles. The molecule has 66 valence electrons. The van der Waals surface area contributed by atoms with E-state index in [1.54, 1.807) is 0 Å². The van der Waals surface area contributed by atoms with Crippen LogP contribution in [-0.2, 0) is 0 Å². The van der Waals surface area contributed by atoms with Gasteiger partial charge in [-0.15, -0.1) is 0 Å². The average molecular weight is 155 g/mol. The van der Waals surface area contributed by atoms with Crippen LogP contribution in [0.1, 0.15) is 40.0 Å². The molecule has 0 amide bonds. The third-order valence-electron chi connectivity index (χ3n) is 2.28. The molecular weight excluding hydrogens is 134 g/mol. The number of allylic oxidation sites excluding steroid dienone is 2. The molecule has 1 atom stereocenters. The first-order valence-corrected chi connectivity index (χ1v) is 4.53. The Hall–Kier alpha value is -0.300. The van der Waals surface area contributed by atoms with Crippen molar-refractivity contribution in [2.24, 2.45) is 0 Å². The van der Waals surface area contributed by atoms with Gasteiger partial charge in [0.05, 0.1) is 0 Å². The number of nitrogens with one attached hydrogen (secondary N) is 1. The zero-order chi connectivity index (χ0) is 8.69. The fraction of sp³-hybridized carbons (Fsp3) is 0.800. The Balaban J connectivity index is 3.50. The third kappa shape index (κ3) is 5.02. The van der Waals surface area contributed by atoms with Gasteiger partial charge in [-0.2, -0.15) is 0 Å². The molecule has 0 spiro atoms. The van der Waals surface area contributed by atoms with Crippen LogP contribution in [0.5, 0.6) is 0 Å². The van der Waals surface area contributed by atoms with E-state index in [9.17, 15) is 0 Å². The van der Waals surface area contributed by atoms with Crippen LogP contribution in [-0.4, -0.2) is 13.1 Å². The molecule has 0 aliphatic rings. The van der Waals surface area contributed by atoms with Crippen LogP contribution < -0.4 is 5.32 Å². The minimum atomic E-state index is 0.699. The van der Waals surface area contributed by atoms with Crippen molar-refractivity contribution >= 4 is 0 Å². The van der Waals surface area contributed by atoms with Crippen LogP contribution in [0.3, 0.4) is 0 Å². The van der Waals surface area contributed by atoms with Crippen LogP contribution in [0.15, 0.2) is 11.6 Å². The highest BCUT2D eigenvalue weighted by Gasteiger charge is 2.01. The van der Waals surface area contributed by atoms with Gasteiger partial charge in [-0.1, -0.05) is 18.6 Å². The average Bonchev–Trinajstić information content (AvgIpc) is 2.06. The quantitative estimate of drug-likeness (QED) is 0.602. The Morgan fingerprint density at radius 3 is 2.55 bits per heavy atom. The highest BCUT2D eigenvalue weighted by Crippen LogP contribution is 2.07. The van der Waals surface area contributed by atoms with E-state index in [0.29, 0.717) is 6.04 Å². The zero-order valence-electron chi connectivity index (χ0n) is 8.28. The van der Waals surface area contributed by atoms with E-state index in [0.717, 1.165) is 0 Å². The van der Waals surface area contributed by atoms with Crippen molar-refractivity contribution in [1.29, 1.82) is 0 Å². The molecule has 0 aromatic rings. The third-order valence-corrected chi connectivity index (χ3v) is 2.28. The predicted molar refractivity (Wildman–Crippen MR) is 51.8 cm³/mol. The van der Waals surface area contributed by atoms with E-state index in [2.05, 4.69) is 32.2 Å². The smallest absolute Gasteiger partial charge is 0.00644 e. The van der Waals surface area contributed by atoms with Crippen molar-refractivity contribution in [2.75, 3.05) is 7.05 Å². The molecule has 0 saturated heterocycles. The summed E-state index contributed by atoms with van der Waals surface area (Å²) in [7, 11) is 2.04. The van der Waals surface area contributed by atoms with Crippen LogP contribution in [0.2, 0.25) is 0 Å². The van der Waals surface area contributed by atoms with Gasteiger partial charge < -0.3 is 5.32 Å². The largest absolute Gasteiger partial charge is 0.317 e. The van der Waals surface area contributed by atoms with Gasteiger partial charge in [0, 0.05) is 6.04 Å². The Morgan fingerprint density at radius 2 is 2.18 bits per heavy atom. The molecule has 1 nitrogen and oxygen atoms in total. The van der Waals surface area contributed by atoms with Crippen molar-refractivity contribution in [3.05, 3.63) is 11.6 Å². The van der Waals surface area contributed by atoms with E-state index in [4.69, 9.17) is 0 Å². The van der Waals surface area contributed by atoms with Gasteiger partial charge in [0.1, 0.15) is 0 Å². The molecule has 0 aliphatic carbocycles. The first-order chi connectivity index (χ1) is 5.24. The molecule has 0 rings (SSSR count). The van der Waals surface area contributed by atoms with Gasteiger partial charge in [-0.3, -0.25) is 0 Å². The lowest BCUT2D eigenvalue weighted by atomic mass is 10.1. The number of hydrogen-bond acceptors (Lipinski definition) is 1. The molecular formula is C10H21N. The molecule has 0 radical (unpaired) electrons. The van der Waals surface area contributed by atoms with Gasteiger partial charge in [0.2, 0.25) is 0 Å². The maximum Gasteiger partial charge on any atom is 0.00644 e. The SMILES string of the molecule is C/C=C(\C)CCC(CC)NC. The summed E-state index contributed by atoms with van der Waals surface area (Å²) in [5.74, 6) is 0. The van der Waals surface area contributed by atoms with Gasteiger partial charge in [-0.25, -0.2) is 0 Å². The van der Waals surface area contributed by atoms with E-state index in [1.807, 2.05) is 7.05 Å². The Bertz CT molecular complexity index is 112. The monoisotopic (exact) mass is 155 g/mol. The summed E-state index contributed by atoms with van der Waals surface area (Å²) in [6, 6.07) is 0.699. The molecule has 1 unspecified atom stereocenters. The molecule has 11 heavy (non-hydrogen) atoms. The molecule has 0 aromatic carbocycles. The molecule has 1 heteroatoms. The summed E-state index contributed by atoms with van der Waals surface area (Å²) >= 11 is 0. The summed E-state index contributed by atoms with van der Waals surface area (Å²) in [4.78, 5) is 0. The maximum absolute atomic E-state index is 3.30. The Kier molecular flexibility index (Phi) is 6.24. The lowest BCUT2D eigenvalue weighted by molar-refractivity contribution is 0.508. The van der Waals surface area contributed by atoms with Crippen molar-refractivity contribution in [1.82, 2.24) is 5.32 Å². The topological polar surface area (TPSA) is 12.0 Å². The molecule has 1 N–H and O–H groups in total. The van der Waals surface area contributed by atoms with Gasteiger partial charge in [0.15, 0.2) is 0 Å². The first-order valence-electron chi connectivity index (χ1n) is 4.53. The molecule has 0 aliphatic heterocycles. The summed E-state index contributed by atoms with van der Waals surface area (Å²) < 4.78 is 0. The molecule has 0 heterocycles. The second-order valence-corrected chi connectivity index (χ2v) is 3.07. The molecule has 0 fully saturated rings. The van der Waals surface area contributed by atoms with Crippen molar-refractivity contribution in [2.45, 2.75) is 46.1 Å². The summed E-state index contributed by atoms with van der Waals surface area (Å²) in [6.07, 6.45) is 5.93. The lowest BCUT2D eigenvalue weighted by Gasteiger charge is -2.12. The Labute approximate surface area is 70.9 Å². The molecule has 0 bridgehead atoms. The summed E-state index contributed by atoms with van der Waals surface area (Å²) in [5, 5.41) is 3.30.